The van der Waals surface area contributed by atoms with Crippen LogP contribution in [-0.2, 0) is 11.3 Å². The second kappa shape index (κ2) is 7.29. The summed E-state index contributed by atoms with van der Waals surface area (Å²) in [6.07, 6.45) is 0. The number of aromatic nitrogens is 4. The molecular weight excluding hydrogens is 378 g/mol. The van der Waals surface area contributed by atoms with Crippen molar-refractivity contribution in [1.82, 2.24) is 19.7 Å². The molecule has 0 atom stereocenters. The number of aromatic amines is 1. The molecule has 2 heterocycles. The Morgan fingerprint density at radius 2 is 1.73 bits per heavy atom. The minimum atomic E-state index is -0.390. The highest BCUT2D eigenvalue weighted by Gasteiger charge is 2.11. The number of nitrogens with zero attached hydrogens (tertiary/aromatic N) is 3. The van der Waals surface area contributed by atoms with Crippen molar-refractivity contribution in [1.29, 1.82) is 0 Å². The Morgan fingerprint density at radius 1 is 0.933 bits per heavy atom. The zero-order valence-corrected chi connectivity index (χ0v) is 15.9. The number of H-pyrrole nitrogens is 1. The molecule has 0 aliphatic heterocycles. The van der Waals surface area contributed by atoms with Gasteiger partial charge in [-0.1, -0.05) is 48.5 Å². The van der Waals surface area contributed by atoms with Gasteiger partial charge in [-0.2, -0.15) is 5.10 Å². The number of para-hydroxylation sites is 2. The highest BCUT2D eigenvalue weighted by molar-refractivity contribution is 5.91. The molecule has 0 aliphatic carbocycles. The highest BCUT2D eigenvalue weighted by Crippen LogP contribution is 2.22. The number of hydrogen-bond donors (Lipinski definition) is 2. The van der Waals surface area contributed by atoms with Crippen LogP contribution in [0.4, 0.5) is 5.95 Å². The van der Waals surface area contributed by atoms with E-state index in [1.165, 1.54) is 6.07 Å². The lowest BCUT2D eigenvalue weighted by atomic mass is 10.1. The molecule has 0 fully saturated rings. The van der Waals surface area contributed by atoms with E-state index >= 15 is 0 Å². The number of carbonyl (C=O) groups excluding carboxylic acids is 1. The van der Waals surface area contributed by atoms with Crippen LogP contribution in [0.25, 0.3) is 33.1 Å². The maximum Gasteiger partial charge on any atom is 0.267 e. The van der Waals surface area contributed by atoms with Crippen LogP contribution in [0.15, 0.2) is 83.7 Å². The number of hydrogen-bond acceptors (Lipinski definition) is 4. The van der Waals surface area contributed by atoms with Gasteiger partial charge in [0.2, 0.25) is 11.9 Å². The predicted octanol–water partition coefficient (Wildman–Crippen LogP) is 3.58. The van der Waals surface area contributed by atoms with E-state index in [1.807, 2.05) is 66.7 Å². The van der Waals surface area contributed by atoms with Gasteiger partial charge in [-0.15, -0.1) is 0 Å². The minimum Gasteiger partial charge on any atom is -0.324 e. The Hall–Kier alpha value is -4.26. The Bertz CT molecular complexity index is 1420. The first-order valence-electron chi connectivity index (χ1n) is 9.48. The molecule has 146 valence electrons. The van der Waals surface area contributed by atoms with Gasteiger partial charge in [-0.25, -0.2) is 9.67 Å². The fourth-order valence-corrected chi connectivity index (χ4v) is 3.38. The third kappa shape index (κ3) is 3.44. The molecule has 0 unspecified atom stereocenters. The first-order chi connectivity index (χ1) is 14.7. The van der Waals surface area contributed by atoms with Gasteiger partial charge in [0.1, 0.15) is 6.54 Å². The fourth-order valence-electron chi connectivity index (χ4n) is 3.38. The van der Waals surface area contributed by atoms with Crippen LogP contribution < -0.4 is 10.9 Å². The first kappa shape index (κ1) is 17.8. The lowest BCUT2D eigenvalue weighted by Gasteiger charge is -2.08. The third-order valence-corrected chi connectivity index (χ3v) is 4.85. The lowest BCUT2D eigenvalue weighted by Crippen LogP contribution is -2.29. The SMILES string of the molecule is O=C(Cn1nc(-c2ccc3ccccc3c2)ccc1=O)Nc1nc2ccccc2[nH]1. The van der Waals surface area contributed by atoms with Gasteiger partial charge < -0.3 is 4.98 Å². The highest BCUT2D eigenvalue weighted by atomic mass is 16.2. The second-order valence-electron chi connectivity index (χ2n) is 6.93. The molecule has 0 spiro atoms. The predicted molar refractivity (Wildman–Crippen MR) is 116 cm³/mol. The van der Waals surface area contributed by atoms with Crippen molar-refractivity contribution in [2.75, 3.05) is 5.32 Å². The van der Waals surface area contributed by atoms with Gasteiger partial charge in [0.15, 0.2) is 0 Å². The van der Waals surface area contributed by atoms with Crippen molar-refractivity contribution in [3.63, 3.8) is 0 Å². The van der Waals surface area contributed by atoms with E-state index in [0.717, 1.165) is 32.1 Å². The van der Waals surface area contributed by atoms with Gasteiger partial charge in [-0.05, 0) is 35.0 Å². The van der Waals surface area contributed by atoms with Crippen LogP contribution in [0.2, 0.25) is 0 Å². The van der Waals surface area contributed by atoms with Crippen LogP contribution >= 0.6 is 0 Å². The molecule has 2 aromatic heterocycles. The monoisotopic (exact) mass is 395 g/mol. The number of amides is 1. The molecule has 5 aromatic rings. The summed E-state index contributed by atoms with van der Waals surface area (Å²) in [6, 6.07) is 24.6. The summed E-state index contributed by atoms with van der Waals surface area (Å²) in [5.74, 6) is -0.0562. The Morgan fingerprint density at radius 3 is 2.60 bits per heavy atom. The minimum absolute atomic E-state index is 0.211. The summed E-state index contributed by atoms with van der Waals surface area (Å²) in [7, 11) is 0. The molecular formula is C23H17N5O2. The standard InChI is InChI=1S/C23H17N5O2/c29-21(26-23-24-19-7-3-4-8-20(19)25-23)14-28-22(30)12-11-18(27-28)17-10-9-15-5-1-2-6-16(15)13-17/h1-13H,14H2,(H2,24,25,26,29). The van der Waals surface area contributed by atoms with Gasteiger partial charge in [0.25, 0.3) is 5.56 Å². The van der Waals surface area contributed by atoms with Crippen molar-refractivity contribution < 1.29 is 4.79 Å². The smallest absolute Gasteiger partial charge is 0.267 e. The van der Waals surface area contributed by atoms with E-state index < -0.39 is 0 Å². The van der Waals surface area contributed by atoms with Crippen LogP contribution in [0.1, 0.15) is 0 Å². The molecule has 5 rings (SSSR count). The second-order valence-corrected chi connectivity index (χ2v) is 6.93. The molecule has 3 aromatic carbocycles. The third-order valence-electron chi connectivity index (χ3n) is 4.85. The van der Waals surface area contributed by atoms with E-state index in [9.17, 15) is 9.59 Å². The summed E-state index contributed by atoms with van der Waals surface area (Å²) in [5.41, 5.74) is 2.72. The van der Waals surface area contributed by atoms with Crippen LogP contribution in [-0.4, -0.2) is 25.7 Å². The van der Waals surface area contributed by atoms with Crippen LogP contribution in [0, 0.1) is 0 Å². The van der Waals surface area contributed by atoms with E-state index in [2.05, 4.69) is 20.4 Å². The van der Waals surface area contributed by atoms with Crippen molar-refractivity contribution >= 4 is 33.7 Å². The van der Waals surface area contributed by atoms with Gasteiger partial charge in [-0.3, -0.25) is 14.9 Å². The Labute approximate surface area is 171 Å². The lowest BCUT2D eigenvalue weighted by molar-refractivity contribution is -0.117. The van der Waals surface area contributed by atoms with E-state index in [1.54, 1.807) is 6.07 Å². The summed E-state index contributed by atoms with van der Waals surface area (Å²) in [4.78, 5) is 32.0. The molecule has 0 radical (unpaired) electrons. The quantitative estimate of drug-likeness (QED) is 0.486. The number of benzene rings is 3. The zero-order chi connectivity index (χ0) is 20.5. The van der Waals surface area contributed by atoms with Crippen molar-refractivity contribution in [3.05, 3.63) is 89.2 Å². The number of fused-ring (bicyclic) bond motifs is 2. The Balaban J connectivity index is 1.40. The number of rotatable bonds is 4. The number of nitrogens with one attached hydrogen (secondary N) is 2. The zero-order valence-electron chi connectivity index (χ0n) is 15.9. The summed E-state index contributed by atoms with van der Waals surface area (Å²) < 4.78 is 1.16. The number of anilines is 1. The molecule has 0 aliphatic rings. The van der Waals surface area contributed by atoms with Crippen molar-refractivity contribution in [3.8, 4) is 11.3 Å². The first-order valence-corrected chi connectivity index (χ1v) is 9.48. The summed E-state index contributed by atoms with van der Waals surface area (Å²) in [6.45, 7) is -0.211. The molecule has 2 N–H and O–H groups in total. The van der Waals surface area contributed by atoms with E-state index in [-0.39, 0.29) is 18.0 Å². The topological polar surface area (TPSA) is 92.7 Å². The molecule has 0 saturated carbocycles. The van der Waals surface area contributed by atoms with Crippen molar-refractivity contribution in [2.45, 2.75) is 6.54 Å². The van der Waals surface area contributed by atoms with E-state index in [4.69, 9.17) is 0 Å². The molecule has 7 heteroatoms. The molecule has 1 amide bonds. The molecule has 30 heavy (non-hydrogen) atoms. The summed E-state index contributed by atoms with van der Waals surface area (Å²) >= 11 is 0. The average molecular weight is 395 g/mol. The number of carbonyl (C=O) groups is 1. The Kier molecular flexibility index (Phi) is 4.33. The van der Waals surface area contributed by atoms with Gasteiger partial charge >= 0.3 is 0 Å². The maximum atomic E-state index is 12.5. The number of imidazole rings is 1. The molecule has 0 bridgehead atoms. The van der Waals surface area contributed by atoms with Crippen LogP contribution in [0.3, 0.4) is 0 Å². The van der Waals surface area contributed by atoms with Gasteiger partial charge in [0, 0.05) is 11.6 Å². The van der Waals surface area contributed by atoms with Gasteiger partial charge in [0.05, 0.1) is 16.7 Å². The average Bonchev–Trinajstić information content (AvgIpc) is 3.17. The van der Waals surface area contributed by atoms with E-state index in [0.29, 0.717) is 11.6 Å². The fraction of sp³-hybridized carbons (Fsp3) is 0.0435. The maximum absolute atomic E-state index is 12.5. The molecule has 7 nitrogen and oxygen atoms in total. The summed E-state index contributed by atoms with van der Waals surface area (Å²) in [5, 5.41) is 9.28. The largest absolute Gasteiger partial charge is 0.324 e. The molecule has 0 saturated heterocycles. The van der Waals surface area contributed by atoms with Crippen molar-refractivity contribution in [2.24, 2.45) is 0 Å². The van der Waals surface area contributed by atoms with Crippen LogP contribution in [0.5, 0.6) is 0 Å². The normalized spacial score (nSPS) is 11.1.